The van der Waals surface area contributed by atoms with Crippen LogP contribution in [0.15, 0.2) is 43.1 Å². The van der Waals surface area contributed by atoms with Crippen LogP contribution in [0.25, 0.3) is 5.69 Å². The number of halogens is 1. The van der Waals surface area contributed by atoms with E-state index >= 15 is 0 Å². The van der Waals surface area contributed by atoms with Crippen LogP contribution in [0.1, 0.15) is 118 Å². The van der Waals surface area contributed by atoms with Gasteiger partial charge in [-0.15, -0.1) is 5.10 Å². The Morgan fingerprint density at radius 2 is 1.68 bits per heavy atom. The fourth-order valence-electron chi connectivity index (χ4n) is 11.1. The highest BCUT2D eigenvalue weighted by atomic mass is 19.1. The Kier molecular flexibility index (Phi) is 20.3. The zero-order chi connectivity index (χ0) is 54.4. The highest BCUT2D eigenvalue weighted by Gasteiger charge is 2.51. The molecule has 5 N–H and O–H groups in total. The minimum absolute atomic E-state index is 0.0893. The predicted molar refractivity (Wildman–Crippen MR) is 268 cm³/mol. The summed E-state index contributed by atoms with van der Waals surface area (Å²) in [6.07, 6.45) is -4.96. The highest BCUT2D eigenvalue weighted by Crippen LogP contribution is 2.39. The zero-order valence-corrected chi connectivity index (χ0v) is 45.6. The van der Waals surface area contributed by atoms with Gasteiger partial charge in [-0.2, -0.15) is 5.10 Å². The Morgan fingerprint density at radius 3 is 2.30 bits per heavy atom. The molecule has 0 amide bonds. The van der Waals surface area contributed by atoms with Gasteiger partial charge in [-0.25, -0.2) is 18.7 Å². The molecule has 22 heteroatoms. The number of esters is 1. The molecule has 74 heavy (non-hydrogen) atoms. The van der Waals surface area contributed by atoms with Gasteiger partial charge in [0.25, 0.3) is 0 Å². The topological polar surface area (TPSA) is 251 Å². The van der Waals surface area contributed by atoms with E-state index < -0.39 is 121 Å². The van der Waals surface area contributed by atoms with Gasteiger partial charge in [-0.3, -0.25) is 4.79 Å². The van der Waals surface area contributed by atoms with Crippen molar-refractivity contribution in [1.82, 2.24) is 39.6 Å². The molecule has 0 bridgehead atoms. The molecule has 3 saturated heterocycles. The van der Waals surface area contributed by atoms with Crippen LogP contribution in [0.5, 0.6) is 0 Å². The lowest BCUT2D eigenvalue weighted by molar-refractivity contribution is -0.308. The fourth-order valence-corrected chi connectivity index (χ4v) is 11.1. The van der Waals surface area contributed by atoms with Gasteiger partial charge in [-0.05, 0) is 105 Å². The molecular weight excluding hydrogens is 964 g/mol. The smallest absolute Gasteiger partial charge is 0.311 e. The van der Waals surface area contributed by atoms with Gasteiger partial charge in [0, 0.05) is 64.9 Å². The molecule has 21 nitrogen and oxygen atoms in total. The number of carbonyl (C=O) groups is 1. The van der Waals surface area contributed by atoms with Gasteiger partial charge in [-0.1, -0.05) is 31.2 Å². The van der Waals surface area contributed by atoms with Crippen LogP contribution in [-0.4, -0.2) is 209 Å². The summed E-state index contributed by atoms with van der Waals surface area (Å²) in [5.74, 6) is -2.00. The summed E-state index contributed by atoms with van der Waals surface area (Å²) in [5, 5.41) is 72.3. The second-order valence-electron chi connectivity index (χ2n) is 21.9. The molecule has 2 aromatic heterocycles. The average molecular weight is 1050 g/mol. The number of aliphatic hydroxyl groups is 5. The van der Waals surface area contributed by atoms with E-state index in [4.69, 9.17) is 33.2 Å². The van der Waals surface area contributed by atoms with Crippen LogP contribution in [0, 0.1) is 11.8 Å². The number of cyclic esters (lactones) is 1. The lowest BCUT2D eigenvalue weighted by atomic mass is 9.83. The monoisotopic (exact) mass is 1050 g/mol. The first-order chi connectivity index (χ1) is 34.9. The van der Waals surface area contributed by atoms with Crippen LogP contribution in [-0.2, 0) is 44.4 Å². The maximum Gasteiger partial charge on any atom is 0.311 e. The van der Waals surface area contributed by atoms with Crippen LogP contribution < -0.4 is 0 Å². The van der Waals surface area contributed by atoms with Crippen molar-refractivity contribution in [3.8, 4) is 5.69 Å². The van der Waals surface area contributed by atoms with Crippen molar-refractivity contribution < 1.29 is 67.9 Å². The number of methoxy groups -OCH3 is 2. The zero-order valence-electron chi connectivity index (χ0n) is 45.6. The second kappa shape index (κ2) is 25.2. The molecule has 19 atom stereocenters. The van der Waals surface area contributed by atoms with Gasteiger partial charge in [0.1, 0.15) is 61.5 Å². The van der Waals surface area contributed by atoms with E-state index in [1.54, 1.807) is 58.7 Å². The first kappa shape index (κ1) is 59.6. The first-order valence-electron chi connectivity index (χ1n) is 26.1. The number of benzene rings is 1. The molecule has 0 aliphatic carbocycles. The predicted octanol–water partition coefficient (Wildman–Crippen LogP) is 3.34. The van der Waals surface area contributed by atoms with Crippen molar-refractivity contribution in [2.75, 3.05) is 48.1 Å². The van der Waals surface area contributed by atoms with E-state index in [1.807, 2.05) is 62.0 Å². The molecule has 3 aliphatic heterocycles. The number of ether oxygens (including phenoxy) is 7. The average Bonchev–Trinajstić information content (AvgIpc) is 4.08. The minimum atomic E-state index is -1.85. The van der Waals surface area contributed by atoms with Crippen molar-refractivity contribution in [1.29, 1.82) is 0 Å². The van der Waals surface area contributed by atoms with Crippen LogP contribution in [0.2, 0.25) is 0 Å². The molecule has 3 aromatic rings. The van der Waals surface area contributed by atoms with Gasteiger partial charge in [0.15, 0.2) is 12.6 Å². The summed E-state index contributed by atoms with van der Waals surface area (Å²) in [5.41, 5.74) is -2.41. The molecule has 0 radical (unpaired) electrons. The SMILES string of the molecule is CC[C@H]1OC(=O)[C@H](C)[C@@H](O[C@H]2C[C@@](C)(OC)[C@@H](O)[C@H](C)O2)C[C@@H](O[C@@H]2O[C@H](C)C[C@H](N(C)CCc3cn([C@H](CF)[C@H](OC)c4ccc(-n5cncn5)cc4)nn3)[C@H]2O)[C@](C)(O)C[C@@H](C)CN(C)[C@H](C)[C@@H](O)[C@]1(C)O. The Morgan fingerprint density at radius 1 is 0.973 bits per heavy atom. The molecular formula is C52H85FN8O13. The van der Waals surface area contributed by atoms with Crippen molar-refractivity contribution in [2.24, 2.45) is 11.8 Å². The van der Waals surface area contributed by atoms with Crippen LogP contribution >= 0.6 is 0 Å². The number of nitrogens with zero attached hydrogens (tertiary/aromatic N) is 8. The van der Waals surface area contributed by atoms with Gasteiger partial charge < -0.3 is 68.5 Å². The quantitative estimate of drug-likeness (QED) is 0.129. The summed E-state index contributed by atoms with van der Waals surface area (Å²) >= 11 is 0. The van der Waals surface area contributed by atoms with E-state index in [-0.39, 0.29) is 31.6 Å². The first-order valence-corrected chi connectivity index (χ1v) is 26.1. The summed E-state index contributed by atoms with van der Waals surface area (Å²) < 4.78 is 61.7. The summed E-state index contributed by atoms with van der Waals surface area (Å²) in [7, 11) is 6.72. The lowest BCUT2D eigenvalue weighted by Gasteiger charge is -2.47. The Labute approximate surface area is 435 Å². The van der Waals surface area contributed by atoms with E-state index in [2.05, 4.69) is 20.4 Å². The number of carbonyl (C=O) groups excluding carboxylic acids is 1. The molecule has 1 aromatic carbocycles. The Bertz CT molecular complexity index is 2190. The molecule has 6 rings (SSSR count). The van der Waals surface area contributed by atoms with Crippen molar-refractivity contribution >= 4 is 5.97 Å². The molecule has 3 aliphatic rings. The van der Waals surface area contributed by atoms with Gasteiger partial charge in [0.05, 0.1) is 52.9 Å². The Hall–Kier alpha value is -3.62. The summed E-state index contributed by atoms with van der Waals surface area (Å²) in [6.45, 7) is 15.6. The highest BCUT2D eigenvalue weighted by molar-refractivity contribution is 5.73. The lowest BCUT2D eigenvalue weighted by Crippen LogP contribution is -2.59. The number of rotatable bonds is 16. The van der Waals surface area contributed by atoms with Gasteiger partial charge >= 0.3 is 5.97 Å². The van der Waals surface area contributed by atoms with Gasteiger partial charge in [0.2, 0.25) is 0 Å². The largest absolute Gasteiger partial charge is 0.459 e. The third kappa shape index (κ3) is 13.7. The van der Waals surface area contributed by atoms with Crippen molar-refractivity contribution in [3.63, 3.8) is 0 Å². The van der Waals surface area contributed by atoms with Crippen LogP contribution in [0.3, 0.4) is 0 Å². The van der Waals surface area contributed by atoms with E-state index in [1.165, 1.54) is 32.2 Å². The molecule has 3 fully saturated rings. The van der Waals surface area contributed by atoms with E-state index in [9.17, 15) is 34.7 Å². The fraction of sp³-hybridized carbons (Fsp3) is 0.788. The number of hydrogen-bond acceptors (Lipinski definition) is 19. The third-order valence-corrected chi connectivity index (χ3v) is 16.0. The molecule has 5 heterocycles. The van der Waals surface area contributed by atoms with E-state index in [0.717, 1.165) is 11.3 Å². The number of aliphatic hydroxyl groups excluding tert-OH is 3. The van der Waals surface area contributed by atoms with Crippen molar-refractivity contribution in [3.05, 3.63) is 54.4 Å². The number of likely N-dealkylation sites (N-methyl/N-ethyl adjacent to an activating group) is 2. The third-order valence-electron chi connectivity index (χ3n) is 16.0. The van der Waals surface area contributed by atoms with E-state index in [0.29, 0.717) is 31.6 Å². The molecule has 0 unspecified atom stereocenters. The molecule has 0 spiro atoms. The van der Waals surface area contributed by atoms with Crippen molar-refractivity contribution in [2.45, 2.75) is 203 Å². The van der Waals surface area contributed by atoms with Crippen LogP contribution in [0.4, 0.5) is 4.39 Å². The Balaban J connectivity index is 1.23. The number of hydrogen-bond donors (Lipinski definition) is 5. The molecule has 0 saturated carbocycles. The summed E-state index contributed by atoms with van der Waals surface area (Å²) in [6, 6.07) is 5.53. The minimum Gasteiger partial charge on any atom is -0.459 e. The second-order valence-corrected chi connectivity index (χ2v) is 21.9. The number of alkyl halides is 1. The summed E-state index contributed by atoms with van der Waals surface area (Å²) in [4.78, 5) is 22.3. The maximum absolute atomic E-state index is 14.8. The number of aromatic nitrogens is 6. The molecule has 418 valence electrons. The maximum atomic E-state index is 14.8. The normalized spacial score (nSPS) is 38.2. The standard InChI is InChI=1S/C52H85FN8O13/c1-14-41-52(9,67)46(63)33(5)59(11)26-30(2)23-50(7,66)42(22-40(32(4)48(65)73-41)72-43-24-51(8,69-13)47(64)34(6)71-43)74-49-44(62)38(21-31(3)70-49)58(10)20-19-36-27-60(57-56-36)39(25-53)45(68-12)35-15-17-37(18-16-35)61-29-54-28-55-61/h15-18,27-34,38-47,49,62-64,66-67H,14,19-26H2,1-13H3/t30-,31-,32-,33-,34+,38+,39-,40+,41-,42-,43+,44-,45-,46-,47+,49+,50-,51-,52-/m1/s1.